The van der Waals surface area contributed by atoms with Gasteiger partial charge in [-0.25, -0.2) is 4.98 Å². The Bertz CT molecular complexity index is 923. The molecule has 1 aliphatic rings. The van der Waals surface area contributed by atoms with Crippen LogP contribution in [0, 0.1) is 0 Å². The Balaban J connectivity index is 2.00. The van der Waals surface area contributed by atoms with Gasteiger partial charge in [-0.3, -0.25) is 23.9 Å². The molecule has 27 heavy (non-hydrogen) atoms. The fourth-order valence-electron chi connectivity index (χ4n) is 2.98. The third-order valence-electron chi connectivity index (χ3n) is 4.04. The SMILES string of the molecule is COC1C(OC(C)=O)C(COC(C)=O)OC1n1cnc2c(=O)[nH]c(N)nc21. The molecule has 12 heteroatoms. The van der Waals surface area contributed by atoms with Gasteiger partial charge in [0.2, 0.25) is 5.95 Å². The highest BCUT2D eigenvalue weighted by molar-refractivity contribution is 5.70. The van der Waals surface area contributed by atoms with Gasteiger partial charge in [0.15, 0.2) is 23.5 Å². The maximum Gasteiger partial charge on any atom is 0.303 e. The van der Waals surface area contributed by atoms with Crippen LogP contribution in [-0.4, -0.2) is 63.5 Å². The summed E-state index contributed by atoms with van der Waals surface area (Å²) in [7, 11) is 1.42. The van der Waals surface area contributed by atoms with E-state index in [0.29, 0.717) is 0 Å². The Morgan fingerprint density at radius 3 is 2.70 bits per heavy atom. The van der Waals surface area contributed by atoms with E-state index in [2.05, 4.69) is 15.0 Å². The van der Waals surface area contributed by atoms with Crippen LogP contribution in [0.3, 0.4) is 0 Å². The number of methoxy groups -OCH3 is 1. The number of nitrogen functional groups attached to an aromatic ring is 1. The third-order valence-corrected chi connectivity index (χ3v) is 4.04. The van der Waals surface area contributed by atoms with Crippen LogP contribution in [0.2, 0.25) is 0 Å². The summed E-state index contributed by atoms with van der Waals surface area (Å²) in [5.41, 5.74) is 5.35. The minimum absolute atomic E-state index is 0.0649. The van der Waals surface area contributed by atoms with E-state index in [1.807, 2.05) is 0 Å². The number of hydrogen-bond acceptors (Lipinski definition) is 10. The number of hydrogen-bond donors (Lipinski definition) is 2. The second kappa shape index (κ2) is 7.32. The summed E-state index contributed by atoms with van der Waals surface area (Å²) >= 11 is 0. The van der Waals surface area contributed by atoms with Crippen molar-refractivity contribution >= 4 is 29.1 Å². The first-order valence-electron chi connectivity index (χ1n) is 8.03. The molecule has 146 valence electrons. The maximum absolute atomic E-state index is 12.0. The van der Waals surface area contributed by atoms with Crippen molar-refractivity contribution in [3.8, 4) is 0 Å². The van der Waals surface area contributed by atoms with Crippen molar-refractivity contribution in [2.45, 2.75) is 38.4 Å². The molecule has 4 unspecified atom stereocenters. The minimum Gasteiger partial charge on any atom is -0.463 e. The van der Waals surface area contributed by atoms with E-state index in [9.17, 15) is 14.4 Å². The van der Waals surface area contributed by atoms with E-state index in [4.69, 9.17) is 24.7 Å². The van der Waals surface area contributed by atoms with E-state index in [-0.39, 0.29) is 23.7 Å². The van der Waals surface area contributed by atoms with Crippen LogP contribution in [-0.2, 0) is 28.5 Å². The zero-order chi connectivity index (χ0) is 19.7. The summed E-state index contributed by atoms with van der Waals surface area (Å²) in [4.78, 5) is 45.1. The number of imidazole rings is 1. The quantitative estimate of drug-likeness (QED) is 0.621. The molecule has 3 rings (SSSR count). The maximum atomic E-state index is 12.0. The Morgan fingerprint density at radius 2 is 2.07 bits per heavy atom. The van der Waals surface area contributed by atoms with E-state index < -0.39 is 42.0 Å². The van der Waals surface area contributed by atoms with Crippen LogP contribution in [0.4, 0.5) is 5.95 Å². The van der Waals surface area contributed by atoms with Crippen LogP contribution >= 0.6 is 0 Å². The molecule has 2 aromatic heterocycles. The first kappa shape index (κ1) is 18.8. The van der Waals surface area contributed by atoms with Crippen molar-refractivity contribution in [3.05, 3.63) is 16.7 Å². The van der Waals surface area contributed by atoms with Gasteiger partial charge in [0, 0.05) is 21.0 Å². The van der Waals surface area contributed by atoms with Crippen molar-refractivity contribution in [1.29, 1.82) is 0 Å². The Kier molecular flexibility index (Phi) is 5.10. The summed E-state index contributed by atoms with van der Waals surface area (Å²) in [6, 6.07) is 0. The Morgan fingerprint density at radius 1 is 1.33 bits per heavy atom. The Labute approximate surface area is 152 Å². The number of nitrogens with one attached hydrogen (secondary N) is 1. The number of fused-ring (bicyclic) bond motifs is 1. The van der Waals surface area contributed by atoms with Crippen LogP contribution in [0.15, 0.2) is 11.1 Å². The lowest BCUT2D eigenvalue weighted by atomic mass is 10.1. The normalized spacial score (nSPS) is 24.9. The van der Waals surface area contributed by atoms with Crippen molar-refractivity contribution in [3.63, 3.8) is 0 Å². The fourth-order valence-corrected chi connectivity index (χ4v) is 2.98. The molecule has 12 nitrogen and oxygen atoms in total. The number of aromatic amines is 1. The molecule has 2 aromatic rings. The number of aromatic nitrogens is 4. The van der Waals surface area contributed by atoms with Gasteiger partial charge in [0.25, 0.3) is 5.56 Å². The number of H-pyrrole nitrogens is 1. The number of carbonyl (C=O) groups is 2. The molecule has 0 saturated carbocycles. The number of esters is 2. The monoisotopic (exact) mass is 381 g/mol. The van der Waals surface area contributed by atoms with E-state index in [0.717, 1.165) is 0 Å². The molecule has 1 aliphatic heterocycles. The number of rotatable bonds is 5. The molecular formula is C15H19N5O7. The van der Waals surface area contributed by atoms with Crippen molar-refractivity contribution in [1.82, 2.24) is 19.5 Å². The van der Waals surface area contributed by atoms with Crippen LogP contribution in [0.5, 0.6) is 0 Å². The molecule has 0 radical (unpaired) electrons. The number of carbonyl (C=O) groups excluding carboxylic acids is 2. The summed E-state index contributed by atoms with van der Waals surface area (Å²) in [6.07, 6.45) is -1.91. The first-order chi connectivity index (χ1) is 12.8. The third kappa shape index (κ3) is 3.61. The predicted octanol–water partition coefficient (Wildman–Crippen LogP) is -0.891. The van der Waals surface area contributed by atoms with Gasteiger partial charge < -0.3 is 24.7 Å². The predicted molar refractivity (Wildman–Crippen MR) is 89.5 cm³/mol. The largest absolute Gasteiger partial charge is 0.463 e. The highest BCUT2D eigenvalue weighted by atomic mass is 16.6. The summed E-state index contributed by atoms with van der Waals surface area (Å²) in [5, 5.41) is 0. The number of ether oxygens (including phenoxy) is 4. The standard InChI is InChI=1S/C15H19N5O7/c1-6(21)25-4-8-10(26-7(2)22)11(24-3)14(27-8)20-5-17-9-12(20)18-15(16)19-13(9)23/h5,8,10-11,14H,4H2,1-3H3,(H3,16,18,19,23). The lowest BCUT2D eigenvalue weighted by Gasteiger charge is -2.22. The Hall–Kier alpha value is -2.99. The molecule has 4 atom stereocenters. The molecule has 3 N–H and O–H groups in total. The fraction of sp³-hybridized carbons (Fsp3) is 0.533. The van der Waals surface area contributed by atoms with Gasteiger partial charge >= 0.3 is 11.9 Å². The lowest BCUT2D eigenvalue weighted by Crippen LogP contribution is -2.39. The van der Waals surface area contributed by atoms with Crippen molar-refractivity contribution in [2.75, 3.05) is 19.5 Å². The molecular weight excluding hydrogens is 362 g/mol. The van der Waals surface area contributed by atoms with Crippen LogP contribution < -0.4 is 11.3 Å². The zero-order valence-corrected chi connectivity index (χ0v) is 14.9. The van der Waals surface area contributed by atoms with E-state index in [1.165, 1.54) is 31.9 Å². The molecule has 0 spiro atoms. The minimum atomic E-state index is -0.853. The van der Waals surface area contributed by atoms with Gasteiger partial charge in [-0.1, -0.05) is 0 Å². The summed E-state index contributed by atoms with van der Waals surface area (Å²) in [6.45, 7) is 2.35. The van der Waals surface area contributed by atoms with Gasteiger partial charge in [0.1, 0.15) is 18.8 Å². The lowest BCUT2D eigenvalue weighted by molar-refractivity contribution is -0.157. The highest BCUT2D eigenvalue weighted by Gasteiger charge is 2.49. The topological polar surface area (TPSA) is 161 Å². The molecule has 3 heterocycles. The molecule has 1 fully saturated rings. The zero-order valence-electron chi connectivity index (χ0n) is 14.9. The van der Waals surface area contributed by atoms with E-state index in [1.54, 1.807) is 0 Å². The average molecular weight is 381 g/mol. The second-order valence-electron chi connectivity index (χ2n) is 5.92. The highest BCUT2D eigenvalue weighted by Crippen LogP contribution is 2.35. The molecule has 0 amide bonds. The van der Waals surface area contributed by atoms with Crippen LogP contribution in [0.25, 0.3) is 11.2 Å². The first-order valence-corrected chi connectivity index (χ1v) is 8.03. The average Bonchev–Trinajstić information content (AvgIpc) is 3.13. The number of anilines is 1. The van der Waals surface area contributed by atoms with Crippen LogP contribution in [0.1, 0.15) is 20.1 Å². The number of nitrogens with two attached hydrogens (primary N) is 1. The van der Waals surface area contributed by atoms with Crippen molar-refractivity contribution < 1.29 is 28.5 Å². The summed E-state index contributed by atoms with van der Waals surface area (Å²) in [5.74, 6) is -1.14. The van der Waals surface area contributed by atoms with Gasteiger partial charge in [-0.15, -0.1) is 0 Å². The second-order valence-corrected chi connectivity index (χ2v) is 5.92. The van der Waals surface area contributed by atoms with Gasteiger partial charge in [-0.2, -0.15) is 4.98 Å². The molecule has 1 saturated heterocycles. The van der Waals surface area contributed by atoms with Gasteiger partial charge in [0.05, 0.1) is 6.33 Å². The molecule has 0 bridgehead atoms. The number of nitrogens with zero attached hydrogens (tertiary/aromatic N) is 3. The van der Waals surface area contributed by atoms with E-state index >= 15 is 0 Å². The van der Waals surface area contributed by atoms with Gasteiger partial charge in [-0.05, 0) is 0 Å². The smallest absolute Gasteiger partial charge is 0.303 e. The summed E-state index contributed by atoms with van der Waals surface area (Å²) < 4.78 is 23.2. The molecule has 0 aromatic carbocycles. The van der Waals surface area contributed by atoms with Crippen molar-refractivity contribution in [2.24, 2.45) is 0 Å². The molecule has 0 aliphatic carbocycles.